The van der Waals surface area contributed by atoms with E-state index < -0.39 is 12.1 Å². The molecule has 29 heavy (non-hydrogen) atoms. The van der Waals surface area contributed by atoms with Crippen LogP contribution in [0.2, 0.25) is 0 Å². The number of rotatable bonds is 8. The van der Waals surface area contributed by atoms with Crippen molar-refractivity contribution < 1.29 is 14.4 Å². The minimum atomic E-state index is -0.559. The Morgan fingerprint density at radius 2 is 1.55 bits per heavy atom. The van der Waals surface area contributed by atoms with E-state index in [9.17, 15) is 14.4 Å². The zero-order chi connectivity index (χ0) is 20.8. The quantitative estimate of drug-likeness (QED) is 0.677. The SMILES string of the molecule is CC(C)C1NC(=O)N(CC(=O)NCCC(c2ccccc2)c2ccccc2)C1=O. The van der Waals surface area contributed by atoms with Crippen molar-refractivity contribution in [3.8, 4) is 0 Å². The molecule has 0 bridgehead atoms. The van der Waals surface area contributed by atoms with Crippen molar-refractivity contribution in [2.45, 2.75) is 32.2 Å². The molecule has 2 aromatic rings. The van der Waals surface area contributed by atoms with Gasteiger partial charge in [0.25, 0.3) is 5.91 Å². The molecule has 6 heteroatoms. The van der Waals surface area contributed by atoms with Gasteiger partial charge in [-0.2, -0.15) is 0 Å². The lowest BCUT2D eigenvalue weighted by Gasteiger charge is -2.19. The molecule has 0 aromatic heterocycles. The summed E-state index contributed by atoms with van der Waals surface area (Å²) >= 11 is 0. The molecule has 1 saturated heterocycles. The van der Waals surface area contributed by atoms with Crippen LogP contribution < -0.4 is 10.6 Å². The Kier molecular flexibility index (Phi) is 6.65. The summed E-state index contributed by atoms with van der Waals surface area (Å²) < 4.78 is 0. The number of nitrogens with zero attached hydrogens (tertiary/aromatic N) is 1. The van der Waals surface area contributed by atoms with Gasteiger partial charge in [0, 0.05) is 12.5 Å². The summed E-state index contributed by atoms with van der Waals surface area (Å²) in [6.45, 7) is 3.92. The fourth-order valence-electron chi connectivity index (χ4n) is 3.59. The first-order valence-corrected chi connectivity index (χ1v) is 9.96. The van der Waals surface area contributed by atoms with Crippen LogP contribution in [0.4, 0.5) is 4.79 Å². The van der Waals surface area contributed by atoms with Crippen molar-refractivity contribution in [3.63, 3.8) is 0 Å². The highest BCUT2D eigenvalue weighted by atomic mass is 16.2. The Bertz CT molecular complexity index is 813. The molecule has 1 unspecified atom stereocenters. The molecule has 1 heterocycles. The normalized spacial score (nSPS) is 16.4. The van der Waals surface area contributed by atoms with Gasteiger partial charge in [0.05, 0.1) is 0 Å². The largest absolute Gasteiger partial charge is 0.355 e. The highest BCUT2D eigenvalue weighted by Crippen LogP contribution is 2.27. The molecular formula is C23H27N3O3. The number of imide groups is 1. The minimum absolute atomic E-state index is 0.0167. The van der Waals surface area contributed by atoms with E-state index in [0.29, 0.717) is 13.0 Å². The molecule has 0 saturated carbocycles. The van der Waals surface area contributed by atoms with Crippen molar-refractivity contribution in [1.82, 2.24) is 15.5 Å². The number of benzene rings is 2. The Balaban J connectivity index is 1.58. The second kappa shape index (κ2) is 9.37. The van der Waals surface area contributed by atoms with Crippen LogP contribution in [0.3, 0.4) is 0 Å². The maximum Gasteiger partial charge on any atom is 0.325 e. The molecule has 1 aliphatic rings. The third kappa shape index (κ3) is 5.02. The number of carbonyl (C=O) groups is 3. The summed E-state index contributed by atoms with van der Waals surface area (Å²) in [5.41, 5.74) is 2.36. The summed E-state index contributed by atoms with van der Waals surface area (Å²) in [5, 5.41) is 5.49. The van der Waals surface area contributed by atoms with Crippen LogP contribution in [0.5, 0.6) is 0 Å². The minimum Gasteiger partial charge on any atom is -0.355 e. The maximum atomic E-state index is 12.3. The zero-order valence-electron chi connectivity index (χ0n) is 16.8. The van der Waals surface area contributed by atoms with Crippen molar-refractivity contribution in [3.05, 3.63) is 71.8 Å². The van der Waals surface area contributed by atoms with Crippen LogP contribution in [0.15, 0.2) is 60.7 Å². The average Bonchev–Trinajstić information content (AvgIpc) is 3.01. The lowest BCUT2D eigenvalue weighted by Crippen LogP contribution is -2.41. The Hall–Kier alpha value is -3.15. The molecule has 0 aliphatic carbocycles. The van der Waals surface area contributed by atoms with Gasteiger partial charge in [-0.05, 0) is 23.5 Å². The molecule has 1 atom stereocenters. The topological polar surface area (TPSA) is 78.5 Å². The van der Waals surface area contributed by atoms with Gasteiger partial charge in [-0.1, -0.05) is 74.5 Å². The van der Waals surface area contributed by atoms with Gasteiger partial charge in [0.2, 0.25) is 5.91 Å². The van der Waals surface area contributed by atoms with Crippen LogP contribution >= 0.6 is 0 Å². The first-order valence-electron chi connectivity index (χ1n) is 9.96. The number of nitrogens with one attached hydrogen (secondary N) is 2. The van der Waals surface area contributed by atoms with Gasteiger partial charge >= 0.3 is 6.03 Å². The third-order valence-corrected chi connectivity index (χ3v) is 5.18. The molecule has 2 N–H and O–H groups in total. The van der Waals surface area contributed by atoms with E-state index in [1.165, 1.54) is 11.1 Å². The Morgan fingerprint density at radius 1 is 1.00 bits per heavy atom. The number of urea groups is 1. The summed E-state index contributed by atoms with van der Waals surface area (Å²) in [7, 11) is 0. The molecule has 2 aromatic carbocycles. The van der Waals surface area contributed by atoms with Crippen LogP contribution in [-0.2, 0) is 9.59 Å². The maximum absolute atomic E-state index is 12.3. The number of amides is 4. The van der Waals surface area contributed by atoms with E-state index in [-0.39, 0.29) is 30.2 Å². The summed E-state index contributed by atoms with van der Waals surface area (Å²) in [6, 6.07) is 19.3. The first kappa shape index (κ1) is 20.6. The second-order valence-corrected chi connectivity index (χ2v) is 7.61. The third-order valence-electron chi connectivity index (χ3n) is 5.18. The molecule has 0 spiro atoms. The van der Waals surface area contributed by atoms with E-state index >= 15 is 0 Å². The second-order valence-electron chi connectivity index (χ2n) is 7.61. The summed E-state index contributed by atoms with van der Waals surface area (Å²) in [6.07, 6.45) is 0.717. The fourth-order valence-corrected chi connectivity index (χ4v) is 3.59. The molecular weight excluding hydrogens is 366 g/mol. The zero-order valence-corrected chi connectivity index (χ0v) is 16.8. The van der Waals surface area contributed by atoms with Gasteiger partial charge in [-0.3, -0.25) is 14.5 Å². The van der Waals surface area contributed by atoms with E-state index in [1.54, 1.807) is 0 Å². The van der Waals surface area contributed by atoms with Crippen molar-refractivity contribution in [1.29, 1.82) is 0 Å². The lowest BCUT2D eigenvalue weighted by molar-refractivity contribution is -0.132. The smallest absolute Gasteiger partial charge is 0.325 e. The van der Waals surface area contributed by atoms with E-state index in [2.05, 4.69) is 34.9 Å². The van der Waals surface area contributed by atoms with Crippen molar-refractivity contribution in [2.24, 2.45) is 5.92 Å². The molecule has 3 rings (SSSR count). The lowest BCUT2D eigenvalue weighted by atomic mass is 9.88. The average molecular weight is 393 g/mol. The number of hydrogen-bond acceptors (Lipinski definition) is 3. The first-order chi connectivity index (χ1) is 14.0. The van der Waals surface area contributed by atoms with Crippen LogP contribution in [-0.4, -0.2) is 41.9 Å². The van der Waals surface area contributed by atoms with Crippen molar-refractivity contribution >= 4 is 17.8 Å². The molecule has 0 radical (unpaired) electrons. The van der Waals surface area contributed by atoms with Gasteiger partial charge < -0.3 is 10.6 Å². The van der Waals surface area contributed by atoms with E-state index in [0.717, 1.165) is 4.90 Å². The van der Waals surface area contributed by atoms with Gasteiger partial charge in [-0.25, -0.2) is 4.79 Å². The van der Waals surface area contributed by atoms with Crippen LogP contribution in [0, 0.1) is 5.92 Å². The van der Waals surface area contributed by atoms with Crippen molar-refractivity contribution in [2.75, 3.05) is 13.1 Å². The van der Waals surface area contributed by atoms with Crippen LogP contribution in [0.25, 0.3) is 0 Å². The Labute approximate surface area is 171 Å². The summed E-state index contributed by atoms with van der Waals surface area (Å²) in [5.74, 6) is -0.541. The summed E-state index contributed by atoms with van der Waals surface area (Å²) in [4.78, 5) is 37.6. The standard InChI is InChI=1S/C23H27N3O3/c1-16(2)21-22(28)26(23(29)25-21)15-20(27)24-14-13-19(17-9-5-3-6-10-17)18-11-7-4-8-12-18/h3-12,16,19,21H,13-15H2,1-2H3,(H,24,27)(H,25,29). The Morgan fingerprint density at radius 3 is 2.03 bits per heavy atom. The van der Waals surface area contributed by atoms with Gasteiger partial charge in [0.1, 0.15) is 12.6 Å². The molecule has 4 amide bonds. The molecule has 1 aliphatic heterocycles. The predicted octanol–water partition coefficient (Wildman–Crippen LogP) is 2.90. The van der Waals surface area contributed by atoms with Gasteiger partial charge in [-0.15, -0.1) is 0 Å². The highest BCUT2D eigenvalue weighted by molar-refractivity contribution is 6.06. The number of hydrogen-bond donors (Lipinski definition) is 2. The monoisotopic (exact) mass is 393 g/mol. The highest BCUT2D eigenvalue weighted by Gasteiger charge is 2.40. The molecule has 152 valence electrons. The van der Waals surface area contributed by atoms with E-state index in [1.807, 2.05) is 50.2 Å². The predicted molar refractivity (Wildman–Crippen MR) is 111 cm³/mol. The van der Waals surface area contributed by atoms with Crippen LogP contribution in [0.1, 0.15) is 37.3 Å². The van der Waals surface area contributed by atoms with Gasteiger partial charge in [0.15, 0.2) is 0 Å². The molecule has 6 nitrogen and oxygen atoms in total. The fraction of sp³-hybridized carbons (Fsp3) is 0.348. The molecule has 1 fully saturated rings. The number of carbonyl (C=O) groups excluding carboxylic acids is 3. The van der Waals surface area contributed by atoms with E-state index in [4.69, 9.17) is 0 Å².